The number of nitrogens with one attached hydrogen (secondary N) is 1. The molecule has 1 fully saturated rings. The fraction of sp³-hybridized carbons (Fsp3) is 0.529. The van der Waals surface area contributed by atoms with Crippen LogP contribution in [0.2, 0.25) is 5.02 Å². The Labute approximate surface area is 136 Å². The van der Waals surface area contributed by atoms with Gasteiger partial charge < -0.3 is 10.1 Å². The summed E-state index contributed by atoms with van der Waals surface area (Å²) >= 11 is 5.99. The third-order valence-corrected chi connectivity index (χ3v) is 4.48. The summed E-state index contributed by atoms with van der Waals surface area (Å²) in [5, 5.41) is 3.62. The highest BCUT2D eigenvalue weighted by Crippen LogP contribution is 2.28. The molecule has 0 spiro atoms. The van der Waals surface area contributed by atoms with Crippen LogP contribution in [0.25, 0.3) is 0 Å². The standard InChI is InChI=1S/C17H22ClNO3/c1-11-9-14(20)4-5-15(11)17(21)19-8-7-12-10-13(18)3-6-16(12)22-2/h3,6,10-11,15H,4-5,7-9H2,1-2H3,(H,19,21)/t11-,15+/m0/s1. The summed E-state index contributed by atoms with van der Waals surface area (Å²) in [6, 6.07) is 5.46. The summed E-state index contributed by atoms with van der Waals surface area (Å²) < 4.78 is 5.29. The number of benzene rings is 1. The molecule has 1 aliphatic carbocycles. The summed E-state index contributed by atoms with van der Waals surface area (Å²) in [5.41, 5.74) is 0.974. The Hall–Kier alpha value is -1.55. The van der Waals surface area contributed by atoms with Gasteiger partial charge in [0.25, 0.3) is 0 Å². The number of ketones is 1. The minimum absolute atomic E-state index is 0.0426. The number of ether oxygens (including phenoxy) is 1. The second-order valence-electron chi connectivity index (χ2n) is 5.86. The first-order chi connectivity index (χ1) is 10.5. The summed E-state index contributed by atoms with van der Waals surface area (Å²) in [7, 11) is 1.62. The van der Waals surface area contributed by atoms with Crippen molar-refractivity contribution in [2.45, 2.75) is 32.6 Å². The van der Waals surface area contributed by atoms with E-state index in [-0.39, 0.29) is 23.5 Å². The van der Waals surface area contributed by atoms with Crippen molar-refractivity contribution in [1.82, 2.24) is 5.32 Å². The van der Waals surface area contributed by atoms with Crippen molar-refractivity contribution in [3.8, 4) is 5.75 Å². The van der Waals surface area contributed by atoms with Gasteiger partial charge in [0, 0.05) is 30.3 Å². The highest BCUT2D eigenvalue weighted by Gasteiger charge is 2.30. The molecule has 1 aliphatic rings. The highest BCUT2D eigenvalue weighted by atomic mass is 35.5. The third-order valence-electron chi connectivity index (χ3n) is 4.24. The molecule has 120 valence electrons. The van der Waals surface area contributed by atoms with Gasteiger partial charge in [-0.2, -0.15) is 0 Å². The summed E-state index contributed by atoms with van der Waals surface area (Å²) in [6.07, 6.45) is 2.35. The van der Waals surface area contributed by atoms with Gasteiger partial charge in [-0.1, -0.05) is 18.5 Å². The summed E-state index contributed by atoms with van der Waals surface area (Å²) in [6.45, 7) is 2.51. The zero-order valence-corrected chi connectivity index (χ0v) is 13.8. The number of carbonyl (C=O) groups is 2. The van der Waals surface area contributed by atoms with E-state index in [0.717, 1.165) is 11.3 Å². The van der Waals surface area contributed by atoms with Crippen molar-refractivity contribution >= 4 is 23.3 Å². The largest absolute Gasteiger partial charge is 0.496 e. The Morgan fingerprint density at radius 1 is 1.45 bits per heavy atom. The van der Waals surface area contributed by atoms with E-state index in [2.05, 4.69) is 5.32 Å². The smallest absolute Gasteiger partial charge is 0.223 e. The molecule has 0 unspecified atom stereocenters. The van der Waals surface area contributed by atoms with Crippen molar-refractivity contribution in [1.29, 1.82) is 0 Å². The zero-order chi connectivity index (χ0) is 16.1. The maximum Gasteiger partial charge on any atom is 0.223 e. The van der Waals surface area contributed by atoms with E-state index in [0.29, 0.717) is 37.3 Å². The molecule has 0 heterocycles. The van der Waals surface area contributed by atoms with Gasteiger partial charge in [0.15, 0.2) is 0 Å². The number of carbonyl (C=O) groups excluding carboxylic acids is 2. The lowest BCUT2D eigenvalue weighted by atomic mass is 9.79. The number of halogens is 1. The first-order valence-corrected chi connectivity index (χ1v) is 8.01. The van der Waals surface area contributed by atoms with E-state index in [1.54, 1.807) is 13.2 Å². The Morgan fingerprint density at radius 3 is 2.91 bits per heavy atom. The van der Waals surface area contributed by atoms with E-state index < -0.39 is 0 Å². The number of Topliss-reactive ketones (excluding diaryl/α,β-unsaturated/α-hetero) is 1. The van der Waals surface area contributed by atoms with E-state index in [9.17, 15) is 9.59 Å². The first-order valence-electron chi connectivity index (χ1n) is 7.63. The van der Waals surface area contributed by atoms with E-state index >= 15 is 0 Å². The van der Waals surface area contributed by atoms with Gasteiger partial charge >= 0.3 is 0 Å². The topological polar surface area (TPSA) is 55.4 Å². The Bertz CT molecular complexity index is 559. The van der Waals surface area contributed by atoms with Crippen LogP contribution in [0.5, 0.6) is 5.75 Å². The van der Waals surface area contributed by atoms with Crippen molar-refractivity contribution in [2.24, 2.45) is 11.8 Å². The van der Waals surface area contributed by atoms with Crippen molar-refractivity contribution < 1.29 is 14.3 Å². The number of amides is 1. The lowest BCUT2D eigenvalue weighted by molar-refractivity contribution is -0.130. The molecule has 1 aromatic carbocycles. The second kappa shape index (κ2) is 7.63. The minimum atomic E-state index is -0.0565. The molecule has 0 radical (unpaired) electrons. The molecule has 1 amide bonds. The summed E-state index contributed by atoms with van der Waals surface area (Å²) in [5.74, 6) is 1.15. The molecule has 2 rings (SSSR count). The number of hydrogen-bond acceptors (Lipinski definition) is 3. The lowest BCUT2D eigenvalue weighted by Gasteiger charge is -2.26. The Balaban J connectivity index is 1.87. The molecule has 1 saturated carbocycles. The average Bonchev–Trinajstić information content (AvgIpc) is 2.47. The van der Waals surface area contributed by atoms with Gasteiger partial charge in [-0.05, 0) is 42.5 Å². The maximum absolute atomic E-state index is 12.2. The Morgan fingerprint density at radius 2 is 2.23 bits per heavy atom. The fourth-order valence-electron chi connectivity index (χ4n) is 2.99. The van der Waals surface area contributed by atoms with E-state index in [4.69, 9.17) is 16.3 Å². The lowest BCUT2D eigenvalue weighted by Crippen LogP contribution is -2.38. The predicted molar refractivity (Wildman–Crippen MR) is 86.2 cm³/mol. The minimum Gasteiger partial charge on any atom is -0.496 e. The van der Waals surface area contributed by atoms with Crippen molar-refractivity contribution in [2.75, 3.05) is 13.7 Å². The van der Waals surface area contributed by atoms with Crippen LogP contribution >= 0.6 is 11.6 Å². The molecular formula is C17H22ClNO3. The van der Waals surface area contributed by atoms with Crippen LogP contribution in [0.3, 0.4) is 0 Å². The zero-order valence-electron chi connectivity index (χ0n) is 13.0. The Kier molecular flexibility index (Phi) is 5.83. The van der Waals surface area contributed by atoms with Crippen molar-refractivity contribution in [3.63, 3.8) is 0 Å². The van der Waals surface area contributed by atoms with Crippen LogP contribution in [0, 0.1) is 11.8 Å². The highest BCUT2D eigenvalue weighted by molar-refractivity contribution is 6.30. The molecule has 4 nitrogen and oxygen atoms in total. The quantitative estimate of drug-likeness (QED) is 0.906. The van der Waals surface area contributed by atoms with Crippen LogP contribution in [-0.2, 0) is 16.0 Å². The number of hydrogen-bond donors (Lipinski definition) is 1. The first kappa shape index (κ1) is 16.8. The van der Waals surface area contributed by atoms with Crippen LogP contribution in [-0.4, -0.2) is 25.3 Å². The van der Waals surface area contributed by atoms with Gasteiger partial charge in [-0.15, -0.1) is 0 Å². The van der Waals surface area contributed by atoms with Crippen molar-refractivity contribution in [3.05, 3.63) is 28.8 Å². The third kappa shape index (κ3) is 4.23. The van der Waals surface area contributed by atoms with Gasteiger partial charge in [-0.3, -0.25) is 9.59 Å². The molecule has 2 atom stereocenters. The van der Waals surface area contributed by atoms with Gasteiger partial charge in [0.05, 0.1) is 7.11 Å². The van der Waals surface area contributed by atoms with Crippen LogP contribution in [0.15, 0.2) is 18.2 Å². The van der Waals surface area contributed by atoms with E-state index in [1.807, 2.05) is 19.1 Å². The molecular weight excluding hydrogens is 302 g/mol. The molecule has 5 heteroatoms. The maximum atomic E-state index is 12.2. The molecule has 22 heavy (non-hydrogen) atoms. The second-order valence-corrected chi connectivity index (χ2v) is 6.30. The number of rotatable bonds is 5. The molecule has 1 aromatic rings. The molecule has 0 bridgehead atoms. The van der Waals surface area contributed by atoms with Gasteiger partial charge in [0.2, 0.25) is 5.91 Å². The SMILES string of the molecule is COc1ccc(Cl)cc1CCNC(=O)[C@@H]1CCC(=O)C[C@@H]1C. The molecule has 0 aliphatic heterocycles. The van der Waals surface area contributed by atoms with Crippen LogP contribution in [0.4, 0.5) is 0 Å². The molecule has 1 N–H and O–H groups in total. The van der Waals surface area contributed by atoms with E-state index in [1.165, 1.54) is 0 Å². The normalized spacial score (nSPS) is 21.5. The molecule has 0 saturated heterocycles. The fourth-order valence-corrected chi connectivity index (χ4v) is 3.18. The van der Waals surface area contributed by atoms with Gasteiger partial charge in [0.1, 0.15) is 11.5 Å². The number of methoxy groups -OCH3 is 1. The van der Waals surface area contributed by atoms with Gasteiger partial charge in [-0.25, -0.2) is 0 Å². The summed E-state index contributed by atoms with van der Waals surface area (Å²) in [4.78, 5) is 23.6. The van der Waals surface area contributed by atoms with Crippen LogP contribution < -0.4 is 10.1 Å². The average molecular weight is 324 g/mol. The molecule has 0 aromatic heterocycles. The van der Waals surface area contributed by atoms with Crippen LogP contribution in [0.1, 0.15) is 31.7 Å². The predicted octanol–water partition coefficient (Wildman–Crippen LogP) is 3.01. The monoisotopic (exact) mass is 323 g/mol.